The number of H-pyrrole nitrogens is 2. The van der Waals surface area contributed by atoms with Crippen LogP contribution in [0.15, 0.2) is 35.3 Å². The first-order valence-electron chi connectivity index (χ1n) is 5.17. The highest BCUT2D eigenvalue weighted by Crippen LogP contribution is 2.28. The van der Waals surface area contributed by atoms with Gasteiger partial charge in [-0.3, -0.25) is 4.79 Å². The summed E-state index contributed by atoms with van der Waals surface area (Å²) in [6.45, 7) is 0. The van der Waals surface area contributed by atoms with Crippen LogP contribution in [0.1, 0.15) is 0 Å². The SMILES string of the molecule is O=c1cc(-c2nc3cc(Cl)c(Cl)cc3[nH]2)cc[nH]1. The van der Waals surface area contributed by atoms with E-state index in [1.165, 1.54) is 6.07 Å². The fourth-order valence-electron chi connectivity index (χ4n) is 1.73. The van der Waals surface area contributed by atoms with Crippen molar-refractivity contribution < 1.29 is 0 Å². The number of fused-ring (bicyclic) bond motifs is 1. The molecule has 0 saturated heterocycles. The molecule has 0 bridgehead atoms. The van der Waals surface area contributed by atoms with Crippen molar-refractivity contribution in [3.8, 4) is 11.4 Å². The van der Waals surface area contributed by atoms with Crippen LogP contribution in [0.5, 0.6) is 0 Å². The van der Waals surface area contributed by atoms with Gasteiger partial charge in [-0.25, -0.2) is 4.98 Å². The number of nitrogens with one attached hydrogen (secondary N) is 2. The van der Waals surface area contributed by atoms with Gasteiger partial charge in [-0.1, -0.05) is 23.2 Å². The molecule has 2 aromatic heterocycles. The minimum Gasteiger partial charge on any atom is -0.338 e. The minimum absolute atomic E-state index is 0.177. The van der Waals surface area contributed by atoms with Crippen LogP contribution in [0.25, 0.3) is 22.4 Å². The summed E-state index contributed by atoms with van der Waals surface area (Å²) in [5.74, 6) is 0.606. The summed E-state index contributed by atoms with van der Waals surface area (Å²) in [6.07, 6.45) is 1.57. The van der Waals surface area contributed by atoms with Crippen molar-refractivity contribution in [3.05, 3.63) is 50.9 Å². The Labute approximate surface area is 112 Å². The Balaban J connectivity index is 2.22. The highest BCUT2D eigenvalue weighted by atomic mass is 35.5. The predicted octanol–water partition coefficient (Wildman–Crippen LogP) is 3.23. The van der Waals surface area contributed by atoms with Crippen LogP contribution >= 0.6 is 23.2 Å². The molecule has 0 fully saturated rings. The monoisotopic (exact) mass is 279 g/mol. The molecule has 3 rings (SSSR count). The largest absolute Gasteiger partial charge is 0.338 e. The van der Waals surface area contributed by atoms with Gasteiger partial charge in [0, 0.05) is 17.8 Å². The first kappa shape index (κ1) is 11.3. The first-order chi connectivity index (χ1) is 8.63. The molecule has 2 N–H and O–H groups in total. The maximum atomic E-state index is 11.2. The molecule has 90 valence electrons. The average Bonchev–Trinajstić information content (AvgIpc) is 2.73. The van der Waals surface area contributed by atoms with Crippen LogP contribution in [-0.4, -0.2) is 15.0 Å². The van der Waals surface area contributed by atoms with Crippen molar-refractivity contribution in [2.24, 2.45) is 0 Å². The van der Waals surface area contributed by atoms with Gasteiger partial charge in [0.05, 0.1) is 21.1 Å². The molecule has 1 aromatic carbocycles. The Hall–Kier alpha value is -1.78. The summed E-state index contributed by atoms with van der Waals surface area (Å²) < 4.78 is 0. The minimum atomic E-state index is -0.177. The molecular weight excluding hydrogens is 273 g/mol. The maximum Gasteiger partial charge on any atom is 0.248 e. The molecule has 18 heavy (non-hydrogen) atoms. The number of hydrogen-bond acceptors (Lipinski definition) is 2. The van der Waals surface area contributed by atoms with Crippen molar-refractivity contribution in [3.63, 3.8) is 0 Å². The molecule has 0 saturated carbocycles. The van der Waals surface area contributed by atoms with E-state index in [4.69, 9.17) is 23.2 Å². The molecule has 0 spiro atoms. The summed E-state index contributed by atoms with van der Waals surface area (Å²) in [7, 11) is 0. The van der Waals surface area contributed by atoms with E-state index in [0.717, 1.165) is 5.52 Å². The number of halogens is 2. The van der Waals surface area contributed by atoms with Crippen LogP contribution in [0.2, 0.25) is 10.0 Å². The van der Waals surface area contributed by atoms with Gasteiger partial charge in [0.25, 0.3) is 0 Å². The van der Waals surface area contributed by atoms with Crippen molar-refractivity contribution in [2.45, 2.75) is 0 Å². The molecular formula is C12H7Cl2N3O. The van der Waals surface area contributed by atoms with E-state index in [2.05, 4.69) is 15.0 Å². The van der Waals surface area contributed by atoms with Crippen LogP contribution < -0.4 is 5.56 Å². The van der Waals surface area contributed by atoms with E-state index >= 15 is 0 Å². The molecule has 0 atom stereocenters. The lowest BCUT2D eigenvalue weighted by molar-refractivity contribution is 1.22. The van der Waals surface area contributed by atoms with Gasteiger partial charge in [-0.15, -0.1) is 0 Å². The molecule has 0 radical (unpaired) electrons. The van der Waals surface area contributed by atoms with Gasteiger partial charge in [0.15, 0.2) is 0 Å². The molecule has 0 aliphatic heterocycles. The normalized spacial score (nSPS) is 11.0. The zero-order valence-corrected chi connectivity index (χ0v) is 10.5. The number of imidazole rings is 1. The Kier molecular flexibility index (Phi) is 2.61. The second kappa shape index (κ2) is 4.15. The second-order valence-corrected chi connectivity index (χ2v) is 4.62. The van der Waals surface area contributed by atoms with Crippen LogP contribution in [0.4, 0.5) is 0 Å². The zero-order chi connectivity index (χ0) is 12.7. The molecule has 2 heterocycles. The van der Waals surface area contributed by atoms with Gasteiger partial charge in [0.2, 0.25) is 5.56 Å². The third-order valence-corrected chi connectivity index (χ3v) is 3.29. The zero-order valence-electron chi connectivity index (χ0n) is 9.00. The van der Waals surface area contributed by atoms with Crippen molar-refractivity contribution in [1.29, 1.82) is 0 Å². The van der Waals surface area contributed by atoms with Gasteiger partial charge in [-0.05, 0) is 18.2 Å². The van der Waals surface area contributed by atoms with Crippen molar-refractivity contribution >= 4 is 34.2 Å². The summed E-state index contributed by atoms with van der Waals surface area (Å²) in [5, 5.41) is 0.915. The number of hydrogen-bond donors (Lipinski definition) is 2. The van der Waals surface area contributed by atoms with E-state index in [-0.39, 0.29) is 5.56 Å². The standard InChI is InChI=1S/C12H7Cl2N3O/c13-7-4-9-10(5-8(7)14)17-12(16-9)6-1-2-15-11(18)3-6/h1-5H,(H,15,18)(H,16,17). The fourth-order valence-corrected chi connectivity index (χ4v) is 2.06. The second-order valence-electron chi connectivity index (χ2n) is 3.81. The third kappa shape index (κ3) is 1.89. The van der Waals surface area contributed by atoms with E-state index in [1.54, 1.807) is 24.4 Å². The smallest absolute Gasteiger partial charge is 0.248 e. The van der Waals surface area contributed by atoms with Gasteiger partial charge >= 0.3 is 0 Å². The number of nitrogens with zero attached hydrogens (tertiary/aromatic N) is 1. The molecule has 0 amide bonds. The van der Waals surface area contributed by atoms with E-state index in [0.29, 0.717) is 26.9 Å². The lowest BCUT2D eigenvalue weighted by atomic mass is 10.2. The van der Waals surface area contributed by atoms with Gasteiger partial charge in [-0.2, -0.15) is 0 Å². The highest BCUT2D eigenvalue weighted by Gasteiger charge is 2.08. The Morgan fingerprint density at radius 1 is 1.11 bits per heavy atom. The number of aromatic nitrogens is 3. The summed E-state index contributed by atoms with van der Waals surface area (Å²) in [4.78, 5) is 21.3. The predicted molar refractivity (Wildman–Crippen MR) is 72.2 cm³/mol. The quantitative estimate of drug-likeness (QED) is 0.718. The summed E-state index contributed by atoms with van der Waals surface area (Å²) in [6, 6.07) is 6.64. The van der Waals surface area contributed by atoms with E-state index in [1.807, 2.05) is 0 Å². The third-order valence-electron chi connectivity index (χ3n) is 2.57. The molecule has 0 unspecified atom stereocenters. The Morgan fingerprint density at radius 3 is 2.67 bits per heavy atom. The Morgan fingerprint density at radius 2 is 1.89 bits per heavy atom. The summed E-state index contributed by atoms with van der Waals surface area (Å²) in [5.41, 5.74) is 2.02. The maximum absolute atomic E-state index is 11.2. The lowest BCUT2D eigenvalue weighted by Crippen LogP contribution is -2.02. The van der Waals surface area contributed by atoms with Crippen molar-refractivity contribution in [1.82, 2.24) is 15.0 Å². The molecule has 4 nitrogen and oxygen atoms in total. The molecule has 3 aromatic rings. The van der Waals surface area contributed by atoms with Crippen LogP contribution in [0, 0.1) is 0 Å². The molecule has 6 heteroatoms. The number of pyridine rings is 1. The number of rotatable bonds is 1. The van der Waals surface area contributed by atoms with Crippen molar-refractivity contribution in [2.75, 3.05) is 0 Å². The Bertz CT molecular complexity index is 752. The number of benzene rings is 1. The fraction of sp³-hybridized carbons (Fsp3) is 0. The topological polar surface area (TPSA) is 61.5 Å². The number of aromatic amines is 2. The highest BCUT2D eigenvalue weighted by molar-refractivity contribution is 6.42. The van der Waals surface area contributed by atoms with E-state index < -0.39 is 0 Å². The first-order valence-corrected chi connectivity index (χ1v) is 5.93. The van der Waals surface area contributed by atoms with Gasteiger partial charge < -0.3 is 9.97 Å². The lowest BCUT2D eigenvalue weighted by Gasteiger charge is -1.93. The average molecular weight is 280 g/mol. The van der Waals surface area contributed by atoms with Crippen LogP contribution in [-0.2, 0) is 0 Å². The van der Waals surface area contributed by atoms with Gasteiger partial charge in [0.1, 0.15) is 5.82 Å². The van der Waals surface area contributed by atoms with Crippen LogP contribution in [0.3, 0.4) is 0 Å². The molecule has 0 aliphatic rings. The summed E-state index contributed by atoms with van der Waals surface area (Å²) >= 11 is 11.9. The molecule has 0 aliphatic carbocycles. The van der Waals surface area contributed by atoms with E-state index in [9.17, 15) is 4.79 Å².